The van der Waals surface area contributed by atoms with Crippen molar-refractivity contribution < 1.29 is 0 Å². The molecule has 0 fully saturated rings. The van der Waals surface area contributed by atoms with E-state index in [2.05, 4.69) is 12.0 Å². The first-order valence-corrected chi connectivity index (χ1v) is 5.52. The largest absolute Gasteiger partial charge is 0.399 e. The van der Waals surface area contributed by atoms with Gasteiger partial charge in [0.05, 0.1) is 16.8 Å². The Kier molecular flexibility index (Phi) is 2.88. The van der Waals surface area contributed by atoms with E-state index in [9.17, 15) is 0 Å². The van der Waals surface area contributed by atoms with Crippen LogP contribution in [0.15, 0.2) is 30.5 Å². The topological polar surface area (TPSA) is 43.8 Å². The van der Waals surface area contributed by atoms with Gasteiger partial charge in [0.15, 0.2) is 0 Å². The molecule has 84 valence electrons. The van der Waals surface area contributed by atoms with Crippen molar-refractivity contribution in [1.82, 2.24) is 9.78 Å². The van der Waals surface area contributed by atoms with Gasteiger partial charge in [0.2, 0.25) is 0 Å². The summed E-state index contributed by atoms with van der Waals surface area (Å²) in [6.45, 7) is 3.98. The molecule has 2 rings (SSSR count). The first-order valence-electron chi connectivity index (χ1n) is 5.14. The molecule has 0 radical (unpaired) electrons. The smallest absolute Gasteiger partial charge is 0.0815 e. The molecule has 3 nitrogen and oxygen atoms in total. The molecule has 0 amide bonds. The minimum atomic E-state index is 0.159. The van der Waals surface area contributed by atoms with Gasteiger partial charge in [-0.15, -0.1) is 0 Å². The molecule has 1 aromatic carbocycles. The summed E-state index contributed by atoms with van der Waals surface area (Å²) in [6.07, 6.45) is 1.85. The second kappa shape index (κ2) is 4.18. The number of rotatable bonds is 2. The van der Waals surface area contributed by atoms with E-state index in [1.54, 1.807) is 0 Å². The second-order valence-electron chi connectivity index (χ2n) is 3.89. The van der Waals surface area contributed by atoms with Gasteiger partial charge in [-0.05, 0) is 31.5 Å². The fraction of sp³-hybridized carbons (Fsp3) is 0.250. The van der Waals surface area contributed by atoms with E-state index >= 15 is 0 Å². The van der Waals surface area contributed by atoms with Crippen LogP contribution in [-0.4, -0.2) is 9.78 Å². The number of halogens is 1. The molecule has 1 unspecified atom stereocenters. The van der Waals surface area contributed by atoms with Crippen LogP contribution in [-0.2, 0) is 0 Å². The molecule has 0 bridgehead atoms. The highest BCUT2D eigenvalue weighted by Crippen LogP contribution is 2.21. The van der Waals surface area contributed by atoms with Crippen molar-refractivity contribution in [2.24, 2.45) is 0 Å². The van der Waals surface area contributed by atoms with Gasteiger partial charge >= 0.3 is 0 Å². The molecule has 4 heteroatoms. The van der Waals surface area contributed by atoms with Crippen molar-refractivity contribution in [3.8, 4) is 0 Å². The van der Waals surface area contributed by atoms with Gasteiger partial charge in [0.1, 0.15) is 0 Å². The van der Waals surface area contributed by atoms with Crippen molar-refractivity contribution in [3.05, 3.63) is 46.7 Å². The van der Waals surface area contributed by atoms with Crippen molar-refractivity contribution in [3.63, 3.8) is 0 Å². The lowest BCUT2D eigenvalue weighted by molar-refractivity contribution is 0.561. The fourth-order valence-corrected chi connectivity index (χ4v) is 1.72. The zero-order valence-electron chi connectivity index (χ0n) is 9.31. The molecule has 0 aliphatic rings. The second-order valence-corrected chi connectivity index (χ2v) is 4.29. The van der Waals surface area contributed by atoms with E-state index in [4.69, 9.17) is 17.3 Å². The molecular weight excluding hydrogens is 222 g/mol. The number of hydrogen-bond acceptors (Lipinski definition) is 2. The maximum Gasteiger partial charge on any atom is 0.0815 e. The maximum absolute atomic E-state index is 5.98. The lowest BCUT2D eigenvalue weighted by atomic mass is 10.1. The van der Waals surface area contributed by atoms with Gasteiger partial charge in [0.25, 0.3) is 0 Å². The number of benzene rings is 1. The number of nitrogens with zero attached hydrogens (tertiary/aromatic N) is 2. The zero-order chi connectivity index (χ0) is 11.7. The average Bonchev–Trinajstić information content (AvgIpc) is 2.59. The maximum atomic E-state index is 5.98. The molecule has 0 saturated heterocycles. The molecule has 1 atom stereocenters. The van der Waals surface area contributed by atoms with E-state index in [1.807, 2.05) is 42.1 Å². The Morgan fingerprint density at radius 1 is 1.31 bits per heavy atom. The lowest BCUT2D eigenvalue weighted by Gasteiger charge is -2.12. The fourth-order valence-electron chi connectivity index (χ4n) is 1.59. The van der Waals surface area contributed by atoms with Crippen LogP contribution in [0, 0.1) is 6.92 Å². The predicted molar refractivity (Wildman–Crippen MR) is 66.6 cm³/mol. The summed E-state index contributed by atoms with van der Waals surface area (Å²) in [5.41, 5.74) is 8.43. The third-order valence-electron chi connectivity index (χ3n) is 2.67. The van der Waals surface area contributed by atoms with Gasteiger partial charge in [-0.2, -0.15) is 5.10 Å². The highest BCUT2D eigenvalue weighted by molar-refractivity contribution is 6.31. The third-order valence-corrected chi connectivity index (χ3v) is 3.04. The summed E-state index contributed by atoms with van der Waals surface area (Å²) in [5, 5.41) is 5.06. The van der Waals surface area contributed by atoms with Crippen molar-refractivity contribution in [2.45, 2.75) is 19.9 Å². The van der Waals surface area contributed by atoms with Crippen molar-refractivity contribution >= 4 is 17.3 Å². The molecule has 0 spiro atoms. The Bertz CT molecular complexity index is 468. The molecule has 2 aromatic rings. The summed E-state index contributed by atoms with van der Waals surface area (Å²) in [4.78, 5) is 0. The van der Waals surface area contributed by atoms with Crippen LogP contribution in [0.25, 0.3) is 0 Å². The van der Waals surface area contributed by atoms with Crippen molar-refractivity contribution in [2.75, 3.05) is 5.73 Å². The number of nitrogens with two attached hydrogens (primary N) is 1. The van der Waals surface area contributed by atoms with E-state index < -0.39 is 0 Å². The third kappa shape index (κ3) is 2.04. The lowest BCUT2D eigenvalue weighted by Crippen LogP contribution is -2.07. The van der Waals surface area contributed by atoms with Gasteiger partial charge in [-0.25, -0.2) is 0 Å². The van der Waals surface area contributed by atoms with Gasteiger partial charge < -0.3 is 5.73 Å². The Hall–Kier alpha value is -1.48. The summed E-state index contributed by atoms with van der Waals surface area (Å²) >= 11 is 5.98. The molecule has 1 aromatic heterocycles. The van der Waals surface area contributed by atoms with Crippen LogP contribution in [0.1, 0.15) is 24.2 Å². The standard InChI is InChI=1S/C12H14ClN3/c1-8-12(13)7-16(15-8)9(2)10-3-5-11(14)6-4-10/h3-7,9H,14H2,1-2H3. The van der Waals surface area contributed by atoms with Crippen LogP contribution in [0.4, 0.5) is 5.69 Å². The number of aryl methyl sites for hydroxylation is 1. The molecule has 0 aliphatic heterocycles. The molecule has 16 heavy (non-hydrogen) atoms. The molecule has 1 heterocycles. The Balaban J connectivity index is 2.31. The van der Waals surface area contributed by atoms with Crippen LogP contribution in [0.5, 0.6) is 0 Å². The quantitative estimate of drug-likeness (QED) is 0.814. The Labute approximate surface area is 99.8 Å². The highest BCUT2D eigenvalue weighted by atomic mass is 35.5. The zero-order valence-corrected chi connectivity index (χ0v) is 10.1. The molecular formula is C12H14ClN3. The minimum Gasteiger partial charge on any atom is -0.399 e. The number of nitrogen functional groups attached to an aromatic ring is 1. The van der Waals surface area contributed by atoms with Crippen LogP contribution in [0.3, 0.4) is 0 Å². The normalized spacial score (nSPS) is 12.7. The van der Waals surface area contributed by atoms with E-state index in [1.165, 1.54) is 0 Å². The van der Waals surface area contributed by atoms with E-state index in [0.29, 0.717) is 5.02 Å². The van der Waals surface area contributed by atoms with Crippen LogP contribution < -0.4 is 5.73 Å². The van der Waals surface area contributed by atoms with Crippen molar-refractivity contribution in [1.29, 1.82) is 0 Å². The van der Waals surface area contributed by atoms with Gasteiger partial charge in [-0.3, -0.25) is 4.68 Å². The molecule has 0 aliphatic carbocycles. The van der Waals surface area contributed by atoms with Gasteiger partial charge in [-0.1, -0.05) is 23.7 Å². The van der Waals surface area contributed by atoms with Crippen LogP contribution in [0.2, 0.25) is 5.02 Å². The summed E-state index contributed by atoms with van der Waals surface area (Å²) < 4.78 is 1.86. The SMILES string of the molecule is Cc1nn(C(C)c2ccc(N)cc2)cc1Cl. The average molecular weight is 236 g/mol. The Morgan fingerprint density at radius 3 is 2.44 bits per heavy atom. The number of aromatic nitrogens is 2. The summed E-state index contributed by atoms with van der Waals surface area (Å²) in [5.74, 6) is 0. The number of anilines is 1. The van der Waals surface area contributed by atoms with Crippen LogP contribution >= 0.6 is 11.6 Å². The monoisotopic (exact) mass is 235 g/mol. The summed E-state index contributed by atoms with van der Waals surface area (Å²) in [6, 6.07) is 7.95. The highest BCUT2D eigenvalue weighted by Gasteiger charge is 2.10. The predicted octanol–water partition coefficient (Wildman–Crippen LogP) is 3.04. The minimum absolute atomic E-state index is 0.159. The Morgan fingerprint density at radius 2 is 1.94 bits per heavy atom. The first kappa shape index (κ1) is 11.0. The van der Waals surface area contributed by atoms with E-state index in [-0.39, 0.29) is 6.04 Å². The number of hydrogen-bond donors (Lipinski definition) is 1. The molecule has 0 saturated carbocycles. The van der Waals surface area contributed by atoms with E-state index in [0.717, 1.165) is 16.9 Å². The molecule has 2 N–H and O–H groups in total. The summed E-state index contributed by atoms with van der Waals surface area (Å²) in [7, 11) is 0. The van der Waals surface area contributed by atoms with Gasteiger partial charge in [0, 0.05) is 11.9 Å². The first-order chi connectivity index (χ1) is 7.58.